The Kier molecular flexibility index (Phi) is 4.45. The third-order valence-electron chi connectivity index (χ3n) is 3.06. The Morgan fingerprint density at radius 1 is 1.19 bits per heavy atom. The third-order valence-corrected chi connectivity index (χ3v) is 4.33. The molecule has 0 aliphatic carbocycles. The fourth-order valence-corrected chi connectivity index (χ4v) is 2.52. The van der Waals surface area contributed by atoms with Crippen LogP contribution in [0.4, 0.5) is 5.82 Å². The number of rotatable bonds is 4. The van der Waals surface area contributed by atoms with Gasteiger partial charge in [0.15, 0.2) is 11.5 Å². The zero-order chi connectivity index (χ0) is 14.7. The molecule has 1 N–H and O–H groups in total. The minimum Gasteiger partial charge on any atom is -0.486 e. The molecule has 1 aromatic carbocycles. The monoisotopic (exact) mass is 369 g/mol. The molecule has 0 bridgehead atoms. The maximum absolute atomic E-state index is 5.92. The van der Waals surface area contributed by atoms with Crippen LogP contribution in [0.15, 0.2) is 29.0 Å². The molecule has 0 saturated carbocycles. The maximum Gasteiger partial charge on any atom is 0.161 e. The van der Waals surface area contributed by atoms with Crippen molar-refractivity contribution in [2.75, 3.05) is 25.1 Å². The number of aromatic nitrogens is 2. The summed E-state index contributed by atoms with van der Waals surface area (Å²) in [6.45, 7) is 1.93. The number of benzene rings is 1. The number of halogens is 2. The van der Waals surface area contributed by atoms with Crippen molar-refractivity contribution >= 4 is 33.3 Å². The van der Waals surface area contributed by atoms with Gasteiger partial charge in [0.25, 0.3) is 0 Å². The molecule has 0 amide bonds. The summed E-state index contributed by atoms with van der Waals surface area (Å²) in [6, 6.07) is 6.00. The van der Waals surface area contributed by atoms with Crippen molar-refractivity contribution < 1.29 is 9.47 Å². The Morgan fingerprint density at radius 2 is 2.00 bits per heavy atom. The topological polar surface area (TPSA) is 56.3 Å². The third kappa shape index (κ3) is 3.39. The first-order chi connectivity index (χ1) is 10.2. The minimum absolute atomic E-state index is 0.395. The highest BCUT2D eigenvalue weighted by molar-refractivity contribution is 9.10. The number of ether oxygens (including phenoxy) is 2. The van der Waals surface area contributed by atoms with Crippen LogP contribution in [0.25, 0.3) is 0 Å². The molecule has 110 valence electrons. The Balaban J connectivity index is 1.61. The number of nitrogens with one attached hydrogen (secondary N) is 1. The van der Waals surface area contributed by atoms with Crippen LogP contribution in [0.5, 0.6) is 11.5 Å². The van der Waals surface area contributed by atoms with E-state index in [1.165, 1.54) is 11.9 Å². The second kappa shape index (κ2) is 6.49. The first-order valence-electron chi connectivity index (χ1n) is 6.52. The summed E-state index contributed by atoms with van der Waals surface area (Å²) in [5.74, 6) is 2.31. The molecule has 0 atom stereocenters. The molecule has 1 aromatic heterocycles. The predicted octanol–water partition coefficient (Wildman–Crippen LogP) is 3.32. The van der Waals surface area contributed by atoms with Gasteiger partial charge in [0.05, 0.1) is 4.47 Å². The normalized spacial score (nSPS) is 13.0. The molecule has 0 unspecified atom stereocenters. The highest BCUT2D eigenvalue weighted by Gasteiger charge is 2.11. The predicted molar refractivity (Wildman–Crippen MR) is 84.4 cm³/mol. The van der Waals surface area contributed by atoms with Crippen LogP contribution in [0.3, 0.4) is 0 Å². The number of fused-ring (bicyclic) bond motifs is 1. The average molecular weight is 371 g/mol. The van der Waals surface area contributed by atoms with Gasteiger partial charge in [-0.2, -0.15) is 0 Å². The summed E-state index contributed by atoms with van der Waals surface area (Å²) >= 11 is 9.28. The fourth-order valence-electron chi connectivity index (χ4n) is 2.04. The van der Waals surface area contributed by atoms with E-state index in [0.717, 1.165) is 24.5 Å². The summed E-state index contributed by atoms with van der Waals surface area (Å²) in [4.78, 5) is 8.03. The minimum atomic E-state index is 0.395. The summed E-state index contributed by atoms with van der Waals surface area (Å²) in [6.07, 6.45) is 2.27. The lowest BCUT2D eigenvalue weighted by molar-refractivity contribution is 0.171. The van der Waals surface area contributed by atoms with Crippen molar-refractivity contribution in [2.24, 2.45) is 0 Å². The van der Waals surface area contributed by atoms with Crippen molar-refractivity contribution in [3.8, 4) is 11.5 Å². The Bertz CT molecular complexity index is 654. The van der Waals surface area contributed by atoms with Gasteiger partial charge in [-0.05, 0) is 40.0 Å². The van der Waals surface area contributed by atoms with Gasteiger partial charge in [0, 0.05) is 6.54 Å². The maximum atomic E-state index is 5.92. The summed E-state index contributed by atoms with van der Waals surface area (Å²) in [7, 11) is 0. The van der Waals surface area contributed by atoms with Gasteiger partial charge in [-0.15, -0.1) is 0 Å². The van der Waals surface area contributed by atoms with Crippen LogP contribution >= 0.6 is 27.5 Å². The van der Waals surface area contributed by atoms with E-state index in [1.54, 1.807) is 0 Å². The molecule has 21 heavy (non-hydrogen) atoms. The molecule has 0 spiro atoms. The van der Waals surface area contributed by atoms with Crippen molar-refractivity contribution in [2.45, 2.75) is 6.42 Å². The van der Waals surface area contributed by atoms with Gasteiger partial charge in [-0.25, -0.2) is 9.97 Å². The van der Waals surface area contributed by atoms with E-state index in [4.69, 9.17) is 21.1 Å². The van der Waals surface area contributed by atoms with E-state index >= 15 is 0 Å². The quantitative estimate of drug-likeness (QED) is 0.837. The molecule has 2 aromatic rings. The van der Waals surface area contributed by atoms with Crippen molar-refractivity contribution in [3.05, 3.63) is 39.7 Å². The molecule has 2 heterocycles. The largest absolute Gasteiger partial charge is 0.486 e. The van der Waals surface area contributed by atoms with E-state index in [-0.39, 0.29) is 0 Å². The lowest BCUT2D eigenvalue weighted by Crippen LogP contribution is -2.15. The number of nitrogens with zero attached hydrogens (tertiary/aromatic N) is 2. The highest BCUT2D eigenvalue weighted by atomic mass is 79.9. The number of anilines is 1. The molecular weight excluding hydrogens is 358 g/mol. The van der Waals surface area contributed by atoms with E-state index in [0.29, 0.717) is 28.7 Å². The molecule has 1 aliphatic heterocycles. The molecule has 1 aliphatic rings. The summed E-state index contributed by atoms with van der Waals surface area (Å²) in [5, 5.41) is 3.62. The fraction of sp³-hybridized carbons (Fsp3) is 0.286. The number of hydrogen-bond acceptors (Lipinski definition) is 5. The first kappa shape index (κ1) is 14.4. The van der Waals surface area contributed by atoms with E-state index in [9.17, 15) is 0 Å². The van der Waals surface area contributed by atoms with Crippen molar-refractivity contribution in [3.63, 3.8) is 0 Å². The van der Waals surface area contributed by atoms with Gasteiger partial charge in [0.2, 0.25) is 0 Å². The van der Waals surface area contributed by atoms with Crippen LogP contribution in [-0.4, -0.2) is 29.7 Å². The van der Waals surface area contributed by atoms with Crippen LogP contribution in [0, 0.1) is 0 Å². The molecule has 3 rings (SSSR count). The van der Waals surface area contributed by atoms with Crippen LogP contribution in [0.1, 0.15) is 5.56 Å². The lowest BCUT2D eigenvalue weighted by Gasteiger charge is -2.19. The lowest BCUT2D eigenvalue weighted by atomic mass is 10.1. The van der Waals surface area contributed by atoms with Gasteiger partial charge < -0.3 is 14.8 Å². The van der Waals surface area contributed by atoms with Gasteiger partial charge in [-0.1, -0.05) is 17.7 Å². The van der Waals surface area contributed by atoms with Crippen LogP contribution in [0.2, 0.25) is 5.15 Å². The second-order valence-electron chi connectivity index (χ2n) is 4.48. The van der Waals surface area contributed by atoms with E-state index in [1.807, 2.05) is 18.2 Å². The molecule has 0 fully saturated rings. The molecule has 0 radical (unpaired) electrons. The molecule has 0 saturated heterocycles. The zero-order valence-electron chi connectivity index (χ0n) is 11.1. The second-order valence-corrected chi connectivity index (χ2v) is 5.63. The average Bonchev–Trinajstić information content (AvgIpc) is 2.51. The van der Waals surface area contributed by atoms with Crippen molar-refractivity contribution in [1.29, 1.82) is 0 Å². The molecular formula is C14H13BrClN3O2. The standard InChI is InChI=1S/C14H13BrClN3O2/c15-12-13(16)18-8-19-14(12)17-4-3-9-1-2-10-11(7-9)21-6-5-20-10/h1-2,7-8H,3-6H2,(H,17,18,19). The number of hydrogen-bond donors (Lipinski definition) is 1. The Morgan fingerprint density at radius 3 is 2.86 bits per heavy atom. The molecule has 5 nitrogen and oxygen atoms in total. The van der Waals surface area contributed by atoms with Gasteiger partial charge in [0.1, 0.15) is 30.5 Å². The highest BCUT2D eigenvalue weighted by Crippen LogP contribution is 2.31. The molecule has 7 heteroatoms. The van der Waals surface area contributed by atoms with E-state index < -0.39 is 0 Å². The smallest absolute Gasteiger partial charge is 0.161 e. The SMILES string of the molecule is Clc1ncnc(NCCc2ccc3c(c2)OCCO3)c1Br. The zero-order valence-corrected chi connectivity index (χ0v) is 13.4. The first-order valence-corrected chi connectivity index (χ1v) is 7.69. The van der Waals surface area contributed by atoms with Crippen molar-refractivity contribution in [1.82, 2.24) is 9.97 Å². The summed E-state index contributed by atoms with van der Waals surface area (Å²) < 4.78 is 11.8. The Labute approximate surface area is 135 Å². The van der Waals surface area contributed by atoms with E-state index in [2.05, 4.69) is 31.2 Å². The van der Waals surface area contributed by atoms with Crippen LogP contribution < -0.4 is 14.8 Å². The summed E-state index contributed by atoms with van der Waals surface area (Å²) in [5.41, 5.74) is 1.17. The Hall–Kier alpha value is -1.53. The van der Waals surface area contributed by atoms with Gasteiger partial charge >= 0.3 is 0 Å². The van der Waals surface area contributed by atoms with Crippen LogP contribution in [-0.2, 0) is 6.42 Å². The van der Waals surface area contributed by atoms with Gasteiger partial charge in [-0.3, -0.25) is 0 Å².